The predicted octanol–water partition coefficient (Wildman–Crippen LogP) is 2.69. The second kappa shape index (κ2) is 7.26. The zero-order valence-electron chi connectivity index (χ0n) is 15.8. The van der Waals surface area contributed by atoms with Crippen molar-refractivity contribution in [3.63, 3.8) is 0 Å². The third-order valence-corrected chi connectivity index (χ3v) is 6.17. The molecule has 2 N–H and O–H groups in total. The van der Waals surface area contributed by atoms with Crippen molar-refractivity contribution in [1.82, 2.24) is 10.2 Å². The van der Waals surface area contributed by atoms with E-state index in [2.05, 4.69) is 14.9 Å². The number of non-ortho nitro benzene ring substituents is 1. The van der Waals surface area contributed by atoms with Crippen LogP contribution in [-0.4, -0.2) is 36.0 Å². The molecule has 0 unspecified atom stereocenters. The molecule has 1 aliphatic heterocycles. The number of nitrogens with one attached hydrogen (secondary N) is 2. The van der Waals surface area contributed by atoms with E-state index in [1.807, 2.05) is 0 Å². The first-order valence-corrected chi connectivity index (χ1v) is 10.5. The van der Waals surface area contributed by atoms with Crippen molar-refractivity contribution in [3.05, 3.63) is 64.2 Å². The van der Waals surface area contributed by atoms with Gasteiger partial charge in [0.1, 0.15) is 0 Å². The summed E-state index contributed by atoms with van der Waals surface area (Å²) >= 11 is 0. The minimum Gasteiger partial charge on any atom is -0.312 e. The quantitative estimate of drug-likeness (QED) is 0.474. The summed E-state index contributed by atoms with van der Waals surface area (Å²) in [5.41, 5.74) is 2.36. The van der Waals surface area contributed by atoms with E-state index in [-0.39, 0.29) is 22.3 Å². The van der Waals surface area contributed by atoms with Gasteiger partial charge in [0.2, 0.25) is 5.91 Å². The highest BCUT2D eigenvalue weighted by Gasteiger charge is 2.25. The molecule has 0 radical (unpaired) electrons. The van der Waals surface area contributed by atoms with Crippen LogP contribution in [0.2, 0.25) is 0 Å². The molecule has 3 aromatic rings. The van der Waals surface area contributed by atoms with E-state index >= 15 is 0 Å². The van der Waals surface area contributed by atoms with Crippen LogP contribution >= 0.6 is 0 Å². The molecular weight excluding hydrogens is 410 g/mol. The highest BCUT2D eigenvalue weighted by molar-refractivity contribution is 7.92. The number of fused-ring (bicyclic) bond motifs is 1. The fraction of sp³-hybridized carbons (Fsp3) is 0.158. The van der Waals surface area contributed by atoms with Gasteiger partial charge in [0, 0.05) is 42.9 Å². The third-order valence-electron chi connectivity index (χ3n) is 4.82. The highest BCUT2D eigenvalue weighted by atomic mass is 32.2. The van der Waals surface area contributed by atoms with Crippen LogP contribution in [0.4, 0.5) is 17.2 Å². The summed E-state index contributed by atoms with van der Waals surface area (Å²) in [6.07, 6.45) is 0.581. The maximum absolute atomic E-state index is 12.8. The molecule has 1 aromatic heterocycles. The van der Waals surface area contributed by atoms with Crippen LogP contribution in [0.5, 0.6) is 0 Å². The third kappa shape index (κ3) is 3.62. The Hall–Kier alpha value is -3.73. The van der Waals surface area contributed by atoms with E-state index in [1.54, 1.807) is 23.1 Å². The summed E-state index contributed by atoms with van der Waals surface area (Å²) in [6, 6.07) is 12.0. The van der Waals surface area contributed by atoms with Gasteiger partial charge in [0.15, 0.2) is 5.82 Å². The van der Waals surface area contributed by atoms with Crippen LogP contribution in [0.15, 0.2) is 53.4 Å². The molecule has 0 saturated carbocycles. The Kier molecular flexibility index (Phi) is 4.74. The molecule has 154 valence electrons. The zero-order chi connectivity index (χ0) is 21.5. The number of carbonyl (C=O) groups excluding carboxylic acids is 1. The Morgan fingerprint density at radius 2 is 2.03 bits per heavy atom. The number of aromatic amines is 1. The lowest BCUT2D eigenvalue weighted by molar-refractivity contribution is -0.384. The first kappa shape index (κ1) is 19.6. The van der Waals surface area contributed by atoms with Crippen LogP contribution in [0, 0.1) is 10.1 Å². The van der Waals surface area contributed by atoms with E-state index in [0.29, 0.717) is 29.9 Å². The normalized spacial score (nSPS) is 13.2. The van der Waals surface area contributed by atoms with Crippen molar-refractivity contribution >= 4 is 33.1 Å². The number of hydrogen-bond donors (Lipinski definition) is 2. The van der Waals surface area contributed by atoms with E-state index in [0.717, 1.165) is 5.56 Å². The van der Waals surface area contributed by atoms with Crippen molar-refractivity contribution in [2.75, 3.05) is 16.2 Å². The summed E-state index contributed by atoms with van der Waals surface area (Å²) in [5.74, 6) is -0.0324. The minimum atomic E-state index is -3.91. The number of nitrogens with zero attached hydrogens (tertiary/aromatic N) is 3. The van der Waals surface area contributed by atoms with E-state index < -0.39 is 14.9 Å². The predicted molar refractivity (Wildman–Crippen MR) is 110 cm³/mol. The molecule has 11 heteroatoms. The number of benzene rings is 2. The first-order valence-electron chi connectivity index (χ1n) is 8.99. The molecule has 0 bridgehead atoms. The van der Waals surface area contributed by atoms with Gasteiger partial charge in [-0.15, -0.1) is 0 Å². The van der Waals surface area contributed by atoms with Crippen LogP contribution in [-0.2, 0) is 21.2 Å². The fourth-order valence-electron chi connectivity index (χ4n) is 3.38. The molecular formula is C19H17N5O5S. The molecule has 1 aliphatic rings. The van der Waals surface area contributed by atoms with Gasteiger partial charge < -0.3 is 4.90 Å². The Balaban J connectivity index is 1.57. The summed E-state index contributed by atoms with van der Waals surface area (Å²) < 4.78 is 27.9. The summed E-state index contributed by atoms with van der Waals surface area (Å²) in [7, 11) is -3.91. The lowest BCUT2D eigenvalue weighted by Crippen LogP contribution is -2.25. The number of H-pyrrole nitrogens is 1. The number of nitro groups is 1. The second-order valence-electron chi connectivity index (χ2n) is 6.79. The number of rotatable bonds is 5. The van der Waals surface area contributed by atoms with Gasteiger partial charge in [0.25, 0.3) is 15.7 Å². The fourth-order valence-corrected chi connectivity index (χ4v) is 4.42. The van der Waals surface area contributed by atoms with Crippen LogP contribution in [0.25, 0.3) is 11.3 Å². The van der Waals surface area contributed by atoms with Crippen LogP contribution in [0.3, 0.4) is 0 Å². The number of hydrogen-bond acceptors (Lipinski definition) is 6. The molecule has 0 spiro atoms. The van der Waals surface area contributed by atoms with Crippen molar-refractivity contribution in [2.24, 2.45) is 0 Å². The summed E-state index contributed by atoms with van der Waals surface area (Å²) in [5, 5.41) is 17.6. The molecule has 4 rings (SSSR count). The van der Waals surface area contributed by atoms with Crippen LogP contribution < -0.4 is 9.62 Å². The molecule has 2 aromatic carbocycles. The van der Waals surface area contributed by atoms with Gasteiger partial charge in [0.05, 0.1) is 15.5 Å². The van der Waals surface area contributed by atoms with Gasteiger partial charge in [-0.3, -0.25) is 24.7 Å². The van der Waals surface area contributed by atoms with Gasteiger partial charge >= 0.3 is 0 Å². The Morgan fingerprint density at radius 3 is 2.77 bits per heavy atom. The summed E-state index contributed by atoms with van der Waals surface area (Å²) in [6.45, 7) is 1.99. The smallest absolute Gasteiger partial charge is 0.270 e. The summed E-state index contributed by atoms with van der Waals surface area (Å²) in [4.78, 5) is 23.8. The zero-order valence-corrected chi connectivity index (χ0v) is 16.6. The average Bonchev–Trinajstić information content (AvgIpc) is 3.34. The molecule has 0 saturated heterocycles. The monoisotopic (exact) mass is 427 g/mol. The maximum atomic E-state index is 12.8. The van der Waals surface area contributed by atoms with Crippen molar-refractivity contribution in [2.45, 2.75) is 18.2 Å². The number of aromatic nitrogens is 2. The number of carbonyl (C=O) groups is 1. The Labute approximate surface area is 171 Å². The van der Waals surface area contributed by atoms with E-state index in [4.69, 9.17) is 0 Å². The van der Waals surface area contributed by atoms with Gasteiger partial charge in [-0.2, -0.15) is 5.10 Å². The molecule has 10 nitrogen and oxygen atoms in total. The molecule has 0 fully saturated rings. The molecule has 1 amide bonds. The Bertz CT molecular complexity index is 1270. The van der Waals surface area contributed by atoms with Crippen molar-refractivity contribution < 1.29 is 18.1 Å². The molecule has 2 heterocycles. The first-order chi connectivity index (χ1) is 14.2. The number of nitro benzene ring substituents is 1. The largest absolute Gasteiger partial charge is 0.312 e. The number of amides is 1. The van der Waals surface area contributed by atoms with Crippen LogP contribution in [0.1, 0.15) is 12.5 Å². The van der Waals surface area contributed by atoms with Gasteiger partial charge in [-0.05, 0) is 30.2 Å². The van der Waals surface area contributed by atoms with Crippen molar-refractivity contribution in [3.8, 4) is 11.3 Å². The van der Waals surface area contributed by atoms with Gasteiger partial charge in [-0.1, -0.05) is 12.1 Å². The lowest BCUT2D eigenvalue weighted by Gasteiger charge is -2.15. The van der Waals surface area contributed by atoms with Gasteiger partial charge in [-0.25, -0.2) is 8.42 Å². The lowest BCUT2D eigenvalue weighted by atomic mass is 10.1. The van der Waals surface area contributed by atoms with Crippen molar-refractivity contribution in [1.29, 1.82) is 0 Å². The molecule has 30 heavy (non-hydrogen) atoms. The van der Waals surface area contributed by atoms with E-state index in [9.17, 15) is 23.3 Å². The SMILES string of the molecule is CC(=O)N1CCc2cc(S(=O)(=O)Nc3cc(-c4cccc([N+](=O)[O-])c4)[nH]n3)ccc21. The topological polar surface area (TPSA) is 138 Å². The number of anilines is 2. The Morgan fingerprint density at radius 1 is 1.23 bits per heavy atom. The van der Waals surface area contributed by atoms with E-state index in [1.165, 1.54) is 37.3 Å². The highest BCUT2D eigenvalue weighted by Crippen LogP contribution is 2.31. The maximum Gasteiger partial charge on any atom is 0.270 e. The number of sulfonamides is 1. The minimum absolute atomic E-state index is 0.0577. The molecule has 0 aliphatic carbocycles. The standard InChI is InChI=1S/C19H17N5O5S/c1-12(25)23-8-7-14-10-16(5-6-18(14)23)30(28,29)22-19-11-17(20-21-19)13-3-2-4-15(9-13)24(26)27/h2-6,9-11H,7-8H2,1H3,(H2,20,21,22). The second-order valence-corrected chi connectivity index (χ2v) is 8.47. The molecule has 0 atom stereocenters. The average molecular weight is 427 g/mol.